The van der Waals surface area contributed by atoms with Gasteiger partial charge in [-0.2, -0.15) is 0 Å². The summed E-state index contributed by atoms with van der Waals surface area (Å²) in [6.45, 7) is 11.4. The molecule has 0 amide bonds. The Labute approximate surface area is 90.4 Å². The van der Waals surface area contributed by atoms with Gasteiger partial charge in [-0.3, -0.25) is 0 Å². The van der Waals surface area contributed by atoms with Crippen LogP contribution in [0, 0.1) is 23.7 Å². The molecule has 0 aromatic carbocycles. The Hall–Kier alpha value is 0.440. The van der Waals surface area contributed by atoms with Crippen LogP contribution in [0.2, 0.25) is 0 Å². The van der Waals surface area contributed by atoms with Crippen LogP contribution in [0.1, 0.15) is 34.6 Å². The molecule has 0 saturated carbocycles. The summed E-state index contributed by atoms with van der Waals surface area (Å²) in [5.41, 5.74) is 0. The van der Waals surface area contributed by atoms with Crippen molar-refractivity contribution in [2.75, 3.05) is 0 Å². The summed E-state index contributed by atoms with van der Waals surface area (Å²) in [5, 5.41) is 0.242. The largest absolute Gasteiger partial charge is 0.363 e. The van der Waals surface area contributed by atoms with E-state index >= 15 is 0 Å². The molecule has 1 nitrogen and oxygen atoms in total. The van der Waals surface area contributed by atoms with Gasteiger partial charge in [-0.15, -0.1) is 0 Å². The second kappa shape index (κ2) is 4.31. The lowest BCUT2D eigenvalue weighted by atomic mass is 9.77. The second-order valence-corrected chi connectivity index (χ2v) is 5.68. The zero-order valence-corrected chi connectivity index (χ0v) is 10.8. The third-order valence-electron chi connectivity index (χ3n) is 3.53. The van der Waals surface area contributed by atoms with Crippen molar-refractivity contribution in [2.45, 2.75) is 45.7 Å². The van der Waals surface area contributed by atoms with Gasteiger partial charge in [-0.25, -0.2) is 0 Å². The Morgan fingerprint density at radius 2 is 1.54 bits per heavy atom. The minimum Gasteiger partial charge on any atom is -0.363 e. The summed E-state index contributed by atoms with van der Waals surface area (Å²) in [6.07, 6.45) is 0.413. The first kappa shape index (κ1) is 11.5. The highest BCUT2D eigenvalue weighted by Crippen LogP contribution is 2.39. The SMILES string of the molecule is CC(C)[C@H]1O[C@H](Br)[C@H](C)[C@@H](C)[C@@H]1C. The number of rotatable bonds is 1. The molecule has 0 unspecified atom stereocenters. The lowest BCUT2D eigenvalue weighted by Gasteiger charge is -2.43. The summed E-state index contributed by atoms with van der Waals surface area (Å²) in [6, 6.07) is 0. The van der Waals surface area contributed by atoms with E-state index in [4.69, 9.17) is 4.74 Å². The lowest BCUT2D eigenvalue weighted by molar-refractivity contribution is -0.110. The Kier molecular flexibility index (Phi) is 3.82. The minimum absolute atomic E-state index is 0.242. The van der Waals surface area contributed by atoms with Crippen LogP contribution >= 0.6 is 15.9 Å². The van der Waals surface area contributed by atoms with E-state index < -0.39 is 0 Å². The van der Waals surface area contributed by atoms with Gasteiger partial charge in [-0.1, -0.05) is 50.5 Å². The van der Waals surface area contributed by atoms with Gasteiger partial charge in [0.15, 0.2) is 0 Å². The van der Waals surface area contributed by atoms with Crippen LogP contribution in [0.5, 0.6) is 0 Å². The Balaban J connectivity index is 2.70. The van der Waals surface area contributed by atoms with Crippen molar-refractivity contribution >= 4 is 15.9 Å². The van der Waals surface area contributed by atoms with Crippen LogP contribution in [-0.2, 0) is 4.74 Å². The van der Waals surface area contributed by atoms with Gasteiger partial charge < -0.3 is 4.74 Å². The molecule has 1 heterocycles. The zero-order chi connectivity index (χ0) is 10.2. The molecule has 0 bridgehead atoms. The monoisotopic (exact) mass is 248 g/mol. The third kappa shape index (κ3) is 2.27. The molecular weight excluding hydrogens is 228 g/mol. The molecule has 5 atom stereocenters. The van der Waals surface area contributed by atoms with Gasteiger partial charge in [0.2, 0.25) is 0 Å². The summed E-state index contributed by atoms with van der Waals surface area (Å²) in [4.78, 5) is 0. The molecule has 0 N–H and O–H groups in total. The van der Waals surface area contributed by atoms with Crippen LogP contribution in [0.15, 0.2) is 0 Å². The predicted molar refractivity (Wildman–Crippen MR) is 59.9 cm³/mol. The molecule has 0 aromatic heterocycles. The molecular formula is C11H21BrO. The first-order valence-electron chi connectivity index (χ1n) is 5.24. The first-order chi connectivity index (χ1) is 5.95. The molecule has 13 heavy (non-hydrogen) atoms. The third-order valence-corrected chi connectivity index (χ3v) is 4.58. The average molecular weight is 249 g/mol. The topological polar surface area (TPSA) is 9.23 Å². The van der Waals surface area contributed by atoms with Crippen LogP contribution < -0.4 is 0 Å². The second-order valence-electron chi connectivity index (χ2n) is 4.77. The maximum absolute atomic E-state index is 5.96. The molecule has 1 aliphatic rings. The molecule has 2 heteroatoms. The summed E-state index contributed by atoms with van der Waals surface area (Å²) >= 11 is 3.61. The molecule has 1 rings (SSSR count). The highest BCUT2D eigenvalue weighted by atomic mass is 79.9. The van der Waals surface area contributed by atoms with E-state index in [-0.39, 0.29) is 5.01 Å². The Morgan fingerprint density at radius 3 is 2.00 bits per heavy atom. The summed E-state index contributed by atoms with van der Waals surface area (Å²) in [7, 11) is 0. The van der Waals surface area contributed by atoms with Crippen molar-refractivity contribution in [3.05, 3.63) is 0 Å². The maximum Gasteiger partial charge on any atom is 0.115 e. The van der Waals surface area contributed by atoms with E-state index in [1.54, 1.807) is 0 Å². The number of hydrogen-bond donors (Lipinski definition) is 0. The maximum atomic E-state index is 5.96. The summed E-state index contributed by atoms with van der Waals surface area (Å²) in [5.74, 6) is 2.64. The smallest absolute Gasteiger partial charge is 0.115 e. The lowest BCUT2D eigenvalue weighted by Crippen LogP contribution is -2.44. The molecule has 0 aromatic rings. The van der Waals surface area contributed by atoms with Crippen LogP contribution in [0.4, 0.5) is 0 Å². The average Bonchev–Trinajstić information content (AvgIpc) is 2.07. The Morgan fingerprint density at radius 1 is 1.00 bits per heavy atom. The van der Waals surface area contributed by atoms with E-state index in [0.29, 0.717) is 23.9 Å². The van der Waals surface area contributed by atoms with E-state index in [2.05, 4.69) is 50.5 Å². The Bertz CT molecular complexity index is 169. The van der Waals surface area contributed by atoms with Crippen molar-refractivity contribution in [3.63, 3.8) is 0 Å². The molecule has 1 fully saturated rings. The van der Waals surface area contributed by atoms with Gasteiger partial charge >= 0.3 is 0 Å². The van der Waals surface area contributed by atoms with Crippen molar-refractivity contribution in [1.29, 1.82) is 0 Å². The van der Waals surface area contributed by atoms with Gasteiger partial charge in [0.1, 0.15) is 5.01 Å². The van der Waals surface area contributed by atoms with Crippen molar-refractivity contribution in [2.24, 2.45) is 23.7 Å². The van der Waals surface area contributed by atoms with Crippen LogP contribution in [-0.4, -0.2) is 11.1 Å². The molecule has 0 aliphatic carbocycles. The summed E-state index contributed by atoms with van der Waals surface area (Å²) < 4.78 is 5.96. The standard InChI is InChI=1S/C11H21BrO/c1-6(2)10-8(4)7(3)9(5)11(12)13-10/h6-11H,1-5H3/t7-,8-,9+,10+,11-/m0/s1. The number of halogens is 1. The normalized spacial score (nSPS) is 46.8. The van der Waals surface area contributed by atoms with Crippen molar-refractivity contribution in [3.8, 4) is 0 Å². The van der Waals surface area contributed by atoms with Crippen LogP contribution in [0.25, 0.3) is 0 Å². The quantitative estimate of drug-likeness (QED) is 0.644. The molecule has 1 aliphatic heterocycles. The van der Waals surface area contributed by atoms with E-state index in [9.17, 15) is 0 Å². The number of ether oxygens (including phenoxy) is 1. The molecule has 78 valence electrons. The van der Waals surface area contributed by atoms with Gasteiger partial charge in [0.05, 0.1) is 6.10 Å². The van der Waals surface area contributed by atoms with Crippen LogP contribution in [0.3, 0.4) is 0 Å². The molecule has 0 radical (unpaired) electrons. The molecule has 1 saturated heterocycles. The zero-order valence-electron chi connectivity index (χ0n) is 9.25. The number of alkyl halides is 1. The molecule has 0 spiro atoms. The predicted octanol–water partition coefficient (Wildman–Crippen LogP) is 3.67. The van der Waals surface area contributed by atoms with E-state index in [0.717, 1.165) is 5.92 Å². The number of hydrogen-bond acceptors (Lipinski definition) is 1. The fraction of sp³-hybridized carbons (Fsp3) is 1.00. The van der Waals surface area contributed by atoms with Gasteiger partial charge in [0.25, 0.3) is 0 Å². The fourth-order valence-electron chi connectivity index (χ4n) is 2.18. The van der Waals surface area contributed by atoms with Gasteiger partial charge in [0, 0.05) is 0 Å². The fourth-order valence-corrected chi connectivity index (χ4v) is 2.91. The first-order valence-corrected chi connectivity index (χ1v) is 6.16. The highest BCUT2D eigenvalue weighted by Gasteiger charge is 2.38. The minimum atomic E-state index is 0.242. The highest BCUT2D eigenvalue weighted by molar-refractivity contribution is 9.09. The van der Waals surface area contributed by atoms with Crippen molar-refractivity contribution < 1.29 is 4.74 Å². The van der Waals surface area contributed by atoms with E-state index in [1.807, 2.05) is 0 Å². The van der Waals surface area contributed by atoms with Gasteiger partial charge in [-0.05, 0) is 23.7 Å². The van der Waals surface area contributed by atoms with Crippen molar-refractivity contribution in [1.82, 2.24) is 0 Å². The van der Waals surface area contributed by atoms with E-state index in [1.165, 1.54) is 0 Å².